The van der Waals surface area contributed by atoms with Crippen LogP contribution in [0.2, 0.25) is 0 Å². The Morgan fingerprint density at radius 1 is 1.59 bits per heavy atom. The first-order valence-electron chi connectivity index (χ1n) is 5.54. The number of halogens is 1. The quantitative estimate of drug-likeness (QED) is 0.778. The zero-order valence-electron chi connectivity index (χ0n) is 9.93. The highest BCUT2D eigenvalue weighted by atomic mass is 35.5. The van der Waals surface area contributed by atoms with Gasteiger partial charge in [0.15, 0.2) is 5.03 Å². The van der Waals surface area contributed by atoms with Crippen molar-refractivity contribution in [2.45, 2.75) is 30.8 Å². The van der Waals surface area contributed by atoms with Gasteiger partial charge in [0.05, 0.1) is 0 Å². The van der Waals surface area contributed by atoms with Crippen LogP contribution in [0.1, 0.15) is 18.7 Å². The fourth-order valence-corrected chi connectivity index (χ4v) is 4.17. The molecule has 5 nitrogen and oxygen atoms in total. The molecule has 2 heterocycles. The molecule has 1 saturated heterocycles. The van der Waals surface area contributed by atoms with Crippen molar-refractivity contribution in [3.8, 4) is 0 Å². The first-order valence-corrected chi connectivity index (χ1v) is 7.52. The molecule has 1 aromatic heterocycles. The Labute approximate surface area is 106 Å². The Balaban J connectivity index is 2.36. The summed E-state index contributed by atoms with van der Waals surface area (Å²) in [5.74, 6) is 1.02. The predicted octanol–water partition coefficient (Wildman–Crippen LogP) is 1.12. The second-order valence-corrected chi connectivity index (χ2v) is 6.45. The number of sulfonamides is 1. The summed E-state index contributed by atoms with van der Waals surface area (Å²) in [6.07, 6.45) is 3.24. The molecule has 0 aromatic carbocycles. The van der Waals surface area contributed by atoms with Crippen LogP contribution in [0.15, 0.2) is 11.2 Å². The van der Waals surface area contributed by atoms with Gasteiger partial charge >= 0.3 is 0 Å². The smallest absolute Gasteiger partial charge is 0.262 e. The van der Waals surface area contributed by atoms with Gasteiger partial charge in [-0.2, -0.15) is 4.31 Å². The van der Waals surface area contributed by atoms with Crippen molar-refractivity contribution in [1.82, 2.24) is 13.9 Å². The van der Waals surface area contributed by atoms with E-state index in [1.807, 2.05) is 0 Å². The highest BCUT2D eigenvalue weighted by Crippen LogP contribution is 2.26. The summed E-state index contributed by atoms with van der Waals surface area (Å²) in [7, 11) is -1.70. The minimum absolute atomic E-state index is 0.0935. The summed E-state index contributed by atoms with van der Waals surface area (Å²) in [5.41, 5.74) is 0. The molecule has 0 aliphatic carbocycles. The summed E-state index contributed by atoms with van der Waals surface area (Å²) in [4.78, 5) is 4.09. The van der Waals surface area contributed by atoms with Gasteiger partial charge in [-0.25, -0.2) is 13.4 Å². The highest BCUT2D eigenvalue weighted by molar-refractivity contribution is 7.89. The first kappa shape index (κ1) is 12.9. The third-order valence-corrected chi connectivity index (χ3v) is 5.34. The summed E-state index contributed by atoms with van der Waals surface area (Å²) >= 11 is 5.80. The molecule has 1 unspecified atom stereocenters. The van der Waals surface area contributed by atoms with Gasteiger partial charge in [0, 0.05) is 31.7 Å². The second-order valence-electron chi connectivity index (χ2n) is 4.30. The van der Waals surface area contributed by atoms with E-state index in [0.29, 0.717) is 18.2 Å². The standard InChI is InChI=1S/C10H16ClN3O2S/c1-8-12-10(7-13(8)2)17(15,16)14-5-3-4-9(14)6-11/h7,9H,3-6H2,1-2H3. The number of hydrogen-bond donors (Lipinski definition) is 0. The van der Waals surface area contributed by atoms with Crippen LogP contribution in [-0.4, -0.2) is 40.7 Å². The van der Waals surface area contributed by atoms with E-state index in [1.165, 1.54) is 4.31 Å². The first-order chi connectivity index (χ1) is 7.96. The number of nitrogens with zero attached hydrogens (tertiary/aromatic N) is 3. The molecule has 0 spiro atoms. The minimum atomic E-state index is -3.48. The van der Waals surface area contributed by atoms with Crippen LogP contribution in [0.25, 0.3) is 0 Å². The lowest BCUT2D eigenvalue weighted by Gasteiger charge is -2.20. The number of hydrogen-bond acceptors (Lipinski definition) is 3. The maximum Gasteiger partial charge on any atom is 0.262 e. The van der Waals surface area contributed by atoms with Crippen LogP contribution in [0, 0.1) is 6.92 Å². The molecule has 1 aliphatic rings. The minimum Gasteiger partial charge on any atom is -0.337 e. The highest BCUT2D eigenvalue weighted by Gasteiger charge is 2.36. The van der Waals surface area contributed by atoms with Gasteiger partial charge in [0.25, 0.3) is 10.0 Å². The van der Waals surface area contributed by atoms with Crippen LogP contribution in [-0.2, 0) is 17.1 Å². The molecule has 0 bridgehead atoms. The summed E-state index contributed by atoms with van der Waals surface area (Å²) in [6.45, 7) is 2.32. The number of imidazole rings is 1. The van der Waals surface area contributed by atoms with Crippen molar-refractivity contribution >= 4 is 21.6 Å². The molecule has 0 amide bonds. The van der Waals surface area contributed by atoms with Gasteiger partial charge < -0.3 is 4.57 Å². The Morgan fingerprint density at radius 2 is 2.29 bits per heavy atom. The van der Waals surface area contributed by atoms with E-state index in [4.69, 9.17) is 11.6 Å². The largest absolute Gasteiger partial charge is 0.337 e. The van der Waals surface area contributed by atoms with Crippen molar-refractivity contribution in [3.05, 3.63) is 12.0 Å². The molecule has 17 heavy (non-hydrogen) atoms. The molecule has 1 fully saturated rings. The third-order valence-electron chi connectivity index (χ3n) is 3.16. The van der Waals surface area contributed by atoms with Crippen molar-refractivity contribution in [2.24, 2.45) is 7.05 Å². The monoisotopic (exact) mass is 277 g/mol. The van der Waals surface area contributed by atoms with E-state index >= 15 is 0 Å². The topological polar surface area (TPSA) is 55.2 Å². The van der Waals surface area contributed by atoms with Crippen molar-refractivity contribution in [1.29, 1.82) is 0 Å². The van der Waals surface area contributed by atoms with E-state index < -0.39 is 10.0 Å². The second kappa shape index (κ2) is 4.59. The van der Waals surface area contributed by atoms with E-state index in [2.05, 4.69) is 4.98 Å². The molecule has 0 N–H and O–H groups in total. The molecule has 1 atom stereocenters. The zero-order valence-corrected chi connectivity index (χ0v) is 11.5. The van der Waals surface area contributed by atoms with Gasteiger partial charge in [-0.15, -0.1) is 11.6 Å². The summed E-state index contributed by atoms with van der Waals surface area (Å²) < 4.78 is 27.9. The van der Waals surface area contributed by atoms with E-state index in [1.54, 1.807) is 24.7 Å². The van der Waals surface area contributed by atoms with Crippen molar-refractivity contribution in [3.63, 3.8) is 0 Å². The molecular weight excluding hydrogens is 262 g/mol. The predicted molar refractivity (Wildman–Crippen MR) is 65.6 cm³/mol. The average Bonchev–Trinajstić information content (AvgIpc) is 2.86. The molecule has 1 aliphatic heterocycles. The molecule has 1 aromatic rings. The molecule has 0 saturated carbocycles. The lowest BCUT2D eigenvalue weighted by molar-refractivity contribution is 0.409. The number of aryl methyl sites for hydroxylation is 2. The summed E-state index contributed by atoms with van der Waals surface area (Å²) in [5, 5.41) is 0.120. The lowest BCUT2D eigenvalue weighted by atomic mass is 10.3. The van der Waals surface area contributed by atoms with Gasteiger partial charge in [0.2, 0.25) is 0 Å². The SMILES string of the molecule is Cc1nc(S(=O)(=O)N2CCCC2CCl)cn1C. The van der Waals surface area contributed by atoms with Gasteiger partial charge in [-0.1, -0.05) is 0 Å². The van der Waals surface area contributed by atoms with E-state index in [0.717, 1.165) is 12.8 Å². The average molecular weight is 278 g/mol. The van der Waals surface area contributed by atoms with Crippen molar-refractivity contribution < 1.29 is 8.42 Å². The zero-order chi connectivity index (χ0) is 12.6. The third kappa shape index (κ3) is 2.21. The Hall–Kier alpha value is -0.590. The van der Waals surface area contributed by atoms with Crippen LogP contribution in [0.4, 0.5) is 0 Å². The fraction of sp³-hybridized carbons (Fsp3) is 0.700. The number of rotatable bonds is 3. The number of alkyl halides is 1. The van der Waals surface area contributed by atoms with Gasteiger partial charge in [-0.05, 0) is 19.8 Å². The Bertz CT molecular complexity index is 492. The maximum absolute atomic E-state index is 12.4. The Kier molecular flexibility index (Phi) is 3.47. The Morgan fingerprint density at radius 3 is 2.82 bits per heavy atom. The van der Waals surface area contributed by atoms with E-state index in [-0.39, 0.29) is 11.1 Å². The fourth-order valence-electron chi connectivity index (χ4n) is 2.05. The van der Waals surface area contributed by atoms with Crippen LogP contribution in [0.3, 0.4) is 0 Å². The molecular formula is C10H16ClN3O2S. The lowest BCUT2D eigenvalue weighted by Crippen LogP contribution is -2.36. The molecule has 7 heteroatoms. The van der Waals surface area contributed by atoms with Gasteiger partial charge in [-0.3, -0.25) is 0 Å². The molecule has 96 valence electrons. The summed E-state index contributed by atoms with van der Waals surface area (Å²) in [6, 6.07) is -0.0935. The van der Waals surface area contributed by atoms with E-state index in [9.17, 15) is 8.42 Å². The maximum atomic E-state index is 12.4. The van der Waals surface area contributed by atoms with Crippen LogP contribution < -0.4 is 0 Å². The molecule has 2 rings (SSSR count). The van der Waals surface area contributed by atoms with Crippen molar-refractivity contribution in [2.75, 3.05) is 12.4 Å². The van der Waals surface area contributed by atoms with Gasteiger partial charge in [0.1, 0.15) is 5.82 Å². The normalized spacial score (nSPS) is 22.2. The van der Waals surface area contributed by atoms with Crippen LogP contribution >= 0.6 is 11.6 Å². The molecule has 0 radical (unpaired) electrons. The van der Waals surface area contributed by atoms with Crippen LogP contribution in [0.5, 0.6) is 0 Å². The number of aromatic nitrogens is 2.